The van der Waals surface area contributed by atoms with Gasteiger partial charge in [-0.05, 0) is 43.3 Å². The zero-order valence-electron chi connectivity index (χ0n) is 25.0. The van der Waals surface area contributed by atoms with Crippen LogP contribution in [0, 0.1) is 6.92 Å². The number of hydrogen-bond acceptors (Lipinski definition) is 10. The third-order valence-electron chi connectivity index (χ3n) is 7.44. The normalized spacial score (nSPS) is 18.7. The molecule has 1 fully saturated rings. The number of ether oxygens (including phenoxy) is 4. The molecular weight excluding hydrogens is 665 g/mol. The van der Waals surface area contributed by atoms with Gasteiger partial charge >= 0.3 is 17.9 Å². The van der Waals surface area contributed by atoms with Crippen LogP contribution in [0.15, 0.2) is 107 Å². The summed E-state index contributed by atoms with van der Waals surface area (Å²) in [5.74, 6) is -2.41. The molecule has 14 heteroatoms. The van der Waals surface area contributed by atoms with Gasteiger partial charge in [0.1, 0.15) is 22.8 Å². The van der Waals surface area contributed by atoms with Crippen LogP contribution in [0.5, 0.6) is 0 Å². The maximum Gasteiger partial charge on any atom is 0.338 e. The molecule has 0 unspecified atom stereocenters. The fourth-order valence-electron chi connectivity index (χ4n) is 5.21. The number of benzene rings is 3. The van der Waals surface area contributed by atoms with Gasteiger partial charge < -0.3 is 18.9 Å². The Balaban J connectivity index is 1.49. The summed E-state index contributed by atoms with van der Waals surface area (Å²) < 4.78 is 25.2. The molecule has 2 aromatic heterocycles. The van der Waals surface area contributed by atoms with Crippen molar-refractivity contribution in [3.8, 4) is 0 Å². The second kappa shape index (κ2) is 13.8. The number of hydrogen-bond donors (Lipinski definition) is 0. The molecule has 1 aliphatic rings. The average molecular weight is 690 g/mol. The highest BCUT2D eigenvalue weighted by atomic mass is 35.5. The topological polar surface area (TPSA) is 145 Å². The lowest BCUT2D eigenvalue weighted by molar-refractivity contribution is -0.0711. The molecule has 5 aromatic rings. The molecule has 0 spiro atoms. The molecule has 4 atom stereocenters. The van der Waals surface area contributed by atoms with Crippen LogP contribution < -0.4 is 11.1 Å². The number of aromatic nitrogens is 3. The van der Waals surface area contributed by atoms with E-state index >= 15 is 0 Å². The molecule has 244 valence electrons. The molecule has 0 amide bonds. The number of fused-ring (bicyclic) bond motifs is 1. The number of esters is 3. The van der Waals surface area contributed by atoms with E-state index in [1.807, 2.05) is 0 Å². The largest absolute Gasteiger partial charge is 0.459 e. The SMILES string of the molecule is Cc1cc(=O)n2c(n1)c(Cl)c(Cl)c(=O)n2[C@@H]1O[C@H](COC(=O)c2ccccc2)[C@@H](OC(=O)c2ccccc2)[C@H]1OC(=O)c1ccccc1. The summed E-state index contributed by atoms with van der Waals surface area (Å²) in [5, 5.41) is -0.794. The Bertz CT molecular complexity index is 2120. The predicted octanol–water partition coefficient (Wildman–Crippen LogP) is 4.68. The van der Waals surface area contributed by atoms with Gasteiger partial charge in [-0.15, -0.1) is 0 Å². The van der Waals surface area contributed by atoms with Crippen LogP contribution in [0.4, 0.5) is 0 Å². The predicted molar refractivity (Wildman–Crippen MR) is 172 cm³/mol. The second-order valence-corrected chi connectivity index (χ2v) is 11.4. The molecule has 0 saturated carbocycles. The monoisotopic (exact) mass is 689 g/mol. The van der Waals surface area contributed by atoms with Crippen molar-refractivity contribution in [2.45, 2.75) is 31.5 Å². The Morgan fingerprint density at radius 2 is 1.25 bits per heavy atom. The molecule has 6 rings (SSSR count). The van der Waals surface area contributed by atoms with Crippen LogP contribution in [0.3, 0.4) is 0 Å². The Hall–Kier alpha value is -5.30. The Kier molecular flexibility index (Phi) is 9.40. The van der Waals surface area contributed by atoms with Gasteiger partial charge in [0.25, 0.3) is 11.1 Å². The van der Waals surface area contributed by atoms with Crippen molar-refractivity contribution in [2.75, 3.05) is 6.61 Å². The summed E-state index contributed by atoms with van der Waals surface area (Å²) in [7, 11) is 0. The van der Waals surface area contributed by atoms with Crippen molar-refractivity contribution < 1.29 is 33.3 Å². The fourth-order valence-corrected chi connectivity index (χ4v) is 5.58. The summed E-state index contributed by atoms with van der Waals surface area (Å²) in [6.07, 6.45) is -6.07. The van der Waals surface area contributed by atoms with Crippen molar-refractivity contribution in [3.63, 3.8) is 0 Å². The van der Waals surface area contributed by atoms with E-state index in [0.29, 0.717) is 0 Å². The lowest BCUT2D eigenvalue weighted by atomic mass is 10.1. The lowest BCUT2D eigenvalue weighted by Crippen LogP contribution is -2.45. The highest BCUT2D eigenvalue weighted by Gasteiger charge is 2.52. The molecule has 0 aliphatic carbocycles. The van der Waals surface area contributed by atoms with Gasteiger partial charge in [-0.25, -0.2) is 24.0 Å². The Labute approximate surface area is 281 Å². The third kappa shape index (κ3) is 6.45. The first-order valence-electron chi connectivity index (χ1n) is 14.5. The number of carbonyl (C=O) groups excluding carboxylic acids is 3. The zero-order valence-corrected chi connectivity index (χ0v) is 26.5. The molecule has 0 bridgehead atoms. The molecule has 12 nitrogen and oxygen atoms in total. The maximum atomic E-state index is 13.8. The first kappa shape index (κ1) is 32.6. The first-order valence-corrected chi connectivity index (χ1v) is 15.3. The van der Waals surface area contributed by atoms with Crippen molar-refractivity contribution in [1.29, 1.82) is 0 Å². The number of aryl methyl sites for hydroxylation is 1. The van der Waals surface area contributed by atoms with Gasteiger partial charge in [0.2, 0.25) is 0 Å². The summed E-state index contributed by atoms with van der Waals surface area (Å²) in [5.41, 5.74) is -1.12. The molecule has 0 N–H and O–H groups in total. The van der Waals surface area contributed by atoms with Gasteiger partial charge in [-0.3, -0.25) is 9.59 Å². The van der Waals surface area contributed by atoms with Crippen molar-refractivity contribution in [3.05, 3.63) is 150 Å². The smallest absolute Gasteiger partial charge is 0.338 e. The van der Waals surface area contributed by atoms with Gasteiger partial charge in [-0.1, -0.05) is 77.8 Å². The van der Waals surface area contributed by atoms with Crippen LogP contribution in [-0.2, 0) is 18.9 Å². The Morgan fingerprint density at radius 3 is 1.79 bits per heavy atom. The van der Waals surface area contributed by atoms with Crippen LogP contribution in [0.2, 0.25) is 10.0 Å². The van der Waals surface area contributed by atoms with E-state index < -0.39 is 65.2 Å². The minimum atomic E-state index is -1.67. The molecular formula is C34H25Cl2N3O9. The molecule has 1 aliphatic heterocycles. The van der Waals surface area contributed by atoms with Crippen LogP contribution in [0.1, 0.15) is 43.0 Å². The van der Waals surface area contributed by atoms with E-state index in [9.17, 15) is 24.0 Å². The zero-order chi connectivity index (χ0) is 33.9. The van der Waals surface area contributed by atoms with E-state index in [-0.39, 0.29) is 33.1 Å². The minimum Gasteiger partial charge on any atom is -0.459 e. The number of nitrogens with zero attached hydrogens (tertiary/aromatic N) is 3. The molecule has 1 saturated heterocycles. The van der Waals surface area contributed by atoms with Crippen molar-refractivity contribution >= 4 is 46.8 Å². The van der Waals surface area contributed by atoms with Gasteiger partial charge in [0.15, 0.2) is 24.1 Å². The number of rotatable bonds is 8. The standard InChI is InChI=1S/C34H25Cl2N3O9/c1-19-17-24(40)38-29(37-19)25(35)26(36)30(41)39(38)31-28(48-34(44)22-15-9-4-10-16-22)27(47-33(43)21-13-7-3-8-14-21)23(46-31)18-45-32(42)20-11-5-2-6-12-20/h2-17,23,27-28,31H,18H2,1H3/t23-,27-,28-,31-/m1/s1. The lowest BCUT2D eigenvalue weighted by Gasteiger charge is -2.26. The summed E-state index contributed by atoms with van der Waals surface area (Å²) >= 11 is 12.7. The second-order valence-electron chi connectivity index (χ2n) is 10.7. The summed E-state index contributed by atoms with van der Waals surface area (Å²) in [4.78, 5) is 71.3. The van der Waals surface area contributed by atoms with Crippen molar-refractivity contribution in [2.24, 2.45) is 0 Å². The first-order chi connectivity index (χ1) is 23.1. The number of halogens is 2. The van der Waals surface area contributed by atoms with E-state index in [1.165, 1.54) is 24.3 Å². The highest BCUT2D eigenvalue weighted by Crippen LogP contribution is 2.36. The molecule has 48 heavy (non-hydrogen) atoms. The van der Waals surface area contributed by atoms with Gasteiger partial charge in [0, 0.05) is 11.8 Å². The van der Waals surface area contributed by atoms with Crippen molar-refractivity contribution in [1.82, 2.24) is 14.2 Å². The summed E-state index contributed by atoms with van der Waals surface area (Å²) in [6.45, 7) is 1.03. The fraction of sp³-hybridized carbons (Fsp3) is 0.176. The molecule has 3 aromatic carbocycles. The minimum absolute atomic E-state index is 0.129. The summed E-state index contributed by atoms with van der Waals surface area (Å²) in [6, 6.07) is 25.2. The van der Waals surface area contributed by atoms with Crippen LogP contribution >= 0.6 is 23.2 Å². The number of carbonyl (C=O) groups is 3. The van der Waals surface area contributed by atoms with Crippen LogP contribution in [-0.4, -0.2) is 57.0 Å². The maximum absolute atomic E-state index is 13.8. The van der Waals surface area contributed by atoms with E-state index in [0.717, 1.165) is 15.3 Å². The quantitative estimate of drug-likeness (QED) is 0.166. The van der Waals surface area contributed by atoms with E-state index in [1.54, 1.807) is 73.7 Å². The van der Waals surface area contributed by atoms with Crippen LogP contribution in [0.25, 0.3) is 5.65 Å². The Morgan fingerprint density at radius 1 is 0.750 bits per heavy atom. The average Bonchev–Trinajstić information content (AvgIpc) is 3.43. The molecule has 0 radical (unpaired) electrons. The third-order valence-corrected chi connectivity index (χ3v) is 8.25. The van der Waals surface area contributed by atoms with E-state index in [4.69, 9.17) is 42.1 Å². The highest BCUT2D eigenvalue weighted by molar-refractivity contribution is 6.43. The molecule has 3 heterocycles. The van der Waals surface area contributed by atoms with E-state index in [2.05, 4.69) is 4.98 Å². The van der Waals surface area contributed by atoms with Gasteiger partial charge in [-0.2, -0.15) is 4.52 Å². The van der Waals surface area contributed by atoms with Gasteiger partial charge in [0.05, 0.1) is 16.7 Å².